The summed E-state index contributed by atoms with van der Waals surface area (Å²) >= 11 is 6.17. The van der Waals surface area contributed by atoms with Crippen molar-refractivity contribution in [3.05, 3.63) is 64.6 Å². The van der Waals surface area contributed by atoms with Gasteiger partial charge in [0.2, 0.25) is 5.91 Å². The van der Waals surface area contributed by atoms with Crippen molar-refractivity contribution in [2.45, 2.75) is 44.7 Å². The lowest BCUT2D eigenvalue weighted by Crippen LogP contribution is -2.30. The molecule has 0 saturated heterocycles. The fourth-order valence-electron chi connectivity index (χ4n) is 4.65. The molecule has 40 heavy (non-hydrogen) atoms. The molecule has 4 rings (SSSR count). The molecule has 0 radical (unpaired) electrons. The van der Waals surface area contributed by atoms with E-state index in [4.69, 9.17) is 28.0 Å². The Morgan fingerprint density at radius 2 is 2.10 bits per heavy atom. The number of anilines is 2. The number of methoxy groups -OCH3 is 1. The first-order valence-electron chi connectivity index (χ1n) is 12.8. The highest BCUT2D eigenvalue weighted by Crippen LogP contribution is 2.35. The summed E-state index contributed by atoms with van der Waals surface area (Å²) < 4.78 is 5.42. The Morgan fingerprint density at radius 1 is 1.30 bits per heavy atom. The summed E-state index contributed by atoms with van der Waals surface area (Å²) in [6, 6.07) is 12.7. The van der Waals surface area contributed by atoms with Crippen LogP contribution in [0.3, 0.4) is 0 Å². The minimum Gasteiger partial charge on any atom is -0.497 e. The van der Waals surface area contributed by atoms with Crippen molar-refractivity contribution in [3.63, 3.8) is 0 Å². The standard InChI is InChI=1S/C28H32ClN9O2/c1-17-5-3-4-6-22(35-26(39)12-7-18-13-19(29)8-11-25(18)38(32)16-33-31)28-36-24(15-30)27(37-28)21-10-9-20(40-2)14-23(21)34-17/h7-14,16-17,22,34H,3-6,31-32H2,1-2H3,(H,35,39)(H,36,37)/b12-7+,33-16-/t17-,22-/m0/s1. The third-order valence-electron chi connectivity index (χ3n) is 6.63. The van der Waals surface area contributed by atoms with Crippen LogP contribution in [-0.4, -0.2) is 35.4 Å². The number of hydrogen-bond donors (Lipinski definition) is 5. The number of hydrogen-bond acceptors (Lipinski definition) is 8. The smallest absolute Gasteiger partial charge is 0.244 e. The van der Waals surface area contributed by atoms with Gasteiger partial charge in [-0.2, -0.15) is 10.4 Å². The van der Waals surface area contributed by atoms with Crippen molar-refractivity contribution in [2.24, 2.45) is 16.8 Å². The molecule has 208 valence electrons. The van der Waals surface area contributed by atoms with Crippen LogP contribution in [0.25, 0.3) is 17.3 Å². The molecule has 11 nitrogen and oxygen atoms in total. The third-order valence-corrected chi connectivity index (χ3v) is 6.86. The van der Waals surface area contributed by atoms with Gasteiger partial charge in [-0.1, -0.05) is 24.4 Å². The van der Waals surface area contributed by atoms with E-state index in [2.05, 4.69) is 38.7 Å². The molecule has 2 heterocycles. The molecule has 1 amide bonds. The van der Waals surface area contributed by atoms with Gasteiger partial charge in [0.05, 0.1) is 24.5 Å². The van der Waals surface area contributed by atoms with Crippen molar-refractivity contribution >= 4 is 41.3 Å². The van der Waals surface area contributed by atoms with Gasteiger partial charge in [0.15, 0.2) is 5.69 Å². The SMILES string of the molecule is COc1ccc2c(c1)N[C@@H](C)CCCC[C@H](NC(=O)/C=C/c1cc(Cl)ccc1N(N)/C=N\N)c1nc(C#N)c-2[nH]1. The number of aromatic nitrogens is 2. The lowest BCUT2D eigenvalue weighted by Gasteiger charge is -2.21. The molecule has 0 unspecified atom stereocenters. The summed E-state index contributed by atoms with van der Waals surface area (Å²) in [6.45, 7) is 2.12. The van der Waals surface area contributed by atoms with Gasteiger partial charge in [0.25, 0.3) is 0 Å². The highest BCUT2D eigenvalue weighted by atomic mass is 35.5. The minimum absolute atomic E-state index is 0.188. The van der Waals surface area contributed by atoms with Crippen LogP contribution in [0.15, 0.2) is 47.6 Å². The summed E-state index contributed by atoms with van der Waals surface area (Å²) in [6.07, 6.45) is 7.63. The number of ether oxygens (including phenoxy) is 1. The van der Waals surface area contributed by atoms with Crippen molar-refractivity contribution in [1.29, 1.82) is 5.26 Å². The van der Waals surface area contributed by atoms with Crippen LogP contribution in [0, 0.1) is 11.3 Å². The highest BCUT2D eigenvalue weighted by Gasteiger charge is 2.23. The number of halogens is 1. The molecule has 0 spiro atoms. The first kappa shape index (κ1) is 28.5. The normalized spacial score (nSPS) is 17.3. The van der Waals surface area contributed by atoms with Crippen LogP contribution in [0.2, 0.25) is 5.02 Å². The average molecular weight is 562 g/mol. The predicted octanol–water partition coefficient (Wildman–Crippen LogP) is 4.44. The number of amides is 1. The fourth-order valence-corrected chi connectivity index (χ4v) is 4.83. The lowest BCUT2D eigenvalue weighted by molar-refractivity contribution is -0.117. The molecule has 2 bridgehead atoms. The Kier molecular flexibility index (Phi) is 9.27. The van der Waals surface area contributed by atoms with E-state index in [1.165, 1.54) is 17.4 Å². The number of H-pyrrole nitrogens is 1. The third kappa shape index (κ3) is 6.72. The van der Waals surface area contributed by atoms with E-state index in [0.29, 0.717) is 40.0 Å². The van der Waals surface area contributed by atoms with Gasteiger partial charge in [-0.25, -0.2) is 10.8 Å². The van der Waals surface area contributed by atoms with Gasteiger partial charge in [-0.15, -0.1) is 0 Å². The molecule has 3 aromatic rings. The average Bonchev–Trinajstić information content (AvgIpc) is 3.37. The molecule has 7 N–H and O–H groups in total. The van der Waals surface area contributed by atoms with Crippen LogP contribution in [0.5, 0.6) is 5.75 Å². The van der Waals surface area contributed by atoms with Crippen LogP contribution < -0.4 is 32.1 Å². The van der Waals surface area contributed by atoms with E-state index >= 15 is 0 Å². The first-order chi connectivity index (χ1) is 19.3. The summed E-state index contributed by atoms with van der Waals surface area (Å²) in [7, 11) is 1.62. The van der Waals surface area contributed by atoms with Crippen LogP contribution in [-0.2, 0) is 4.79 Å². The minimum atomic E-state index is -0.434. The van der Waals surface area contributed by atoms with E-state index in [9.17, 15) is 10.1 Å². The van der Waals surface area contributed by atoms with Crippen LogP contribution in [0.4, 0.5) is 11.4 Å². The van der Waals surface area contributed by atoms with E-state index < -0.39 is 6.04 Å². The van der Waals surface area contributed by atoms with Gasteiger partial charge in [0, 0.05) is 40.0 Å². The van der Waals surface area contributed by atoms with Gasteiger partial charge < -0.3 is 26.2 Å². The second-order valence-electron chi connectivity index (χ2n) is 9.47. The number of nitriles is 1. The van der Waals surface area contributed by atoms with Gasteiger partial charge in [-0.05, 0) is 56.2 Å². The van der Waals surface area contributed by atoms with Gasteiger partial charge in [-0.3, -0.25) is 9.80 Å². The number of hydrazine groups is 1. The second-order valence-corrected chi connectivity index (χ2v) is 9.90. The maximum absolute atomic E-state index is 13.1. The number of imidazole rings is 1. The fraction of sp³-hybridized carbons (Fsp3) is 0.286. The molecule has 2 aromatic carbocycles. The Bertz CT molecular complexity index is 1460. The summed E-state index contributed by atoms with van der Waals surface area (Å²) in [5.74, 6) is 12.1. The number of rotatable bonds is 6. The van der Waals surface area contributed by atoms with Crippen molar-refractivity contribution < 1.29 is 9.53 Å². The number of aromatic amines is 1. The molecule has 0 aliphatic carbocycles. The van der Waals surface area contributed by atoms with Crippen molar-refractivity contribution in [2.75, 3.05) is 17.4 Å². The molecule has 2 atom stereocenters. The Labute approximate surface area is 237 Å². The summed E-state index contributed by atoms with van der Waals surface area (Å²) in [4.78, 5) is 21.0. The largest absolute Gasteiger partial charge is 0.497 e. The lowest BCUT2D eigenvalue weighted by atomic mass is 10.0. The Balaban J connectivity index is 1.65. The molecule has 1 aromatic heterocycles. The van der Waals surface area contributed by atoms with Crippen molar-refractivity contribution in [3.8, 4) is 23.1 Å². The number of nitrogens with zero attached hydrogens (tertiary/aromatic N) is 4. The maximum Gasteiger partial charge on any atom is 0.244 e. The maximum atomic E-state index is 13.1. The number of benzene rings is 2. The number of hydrazone groups is 1. The number of nitrogens with two attached hydrogens (primary N) is 2. The Hall–Kier alpha value is -4.53. The zero-order valence-corrected chi connectivity index (χ0v) is 23.1. The number of carbonyl (C=O) groups excluding carboxylic acids is 1. The number of carbonyl (C=O) groups is 1. The molecule has 0 saturated carbocycles. The van der Waals surface area contributed by atoms with Gasteiger partial charge in [0.1, 0.15) is 24.0 Å². The highest BCUT2D eigenvalue weighted by molar-refractivity contribution is 6.30. The molecule has 1 aliphatic heterocycles. The predicted molar refractivity (Wildman–Crippen MR) is 158 cm³/mol. The topological polar surface area (TPSA) is 170 Å². The molecular formula is C28H32ClN9O2. The number of fused-ring (bicyclic) bond motifs is 4. The first-order valence-corrected chi connectivity index (χ1v) is 13.2. The van der Waals surface area contributed by atoms with Gasteiger partial charge >= 0.3 is 0 Å². The quantitative estimate of drug-likeness (QED) is 0.0966. The van der Waals surface area contributed by atoms with E-state index in [1.54, 1.807) is 31.4 Å². The molecule has 12 heteroatoms. The monoisotopic (exact) mass is 561 g/mol. The molecule has 1 aliphatic rings. The molecular weight excluding hydrogens is 530 g/mol. The van der Waals surface area contributed by atoms with Crippen LogP contribution >= 0.6 is 11.6 Å². The number of nitrogens with one attached hydrogen (secondary N) is 3. The van der Waals surface area contributed by atoms with E-state index in [-0.39, 0.29) is 17.6 Å². The Morgan fingerprint density at radius 3 is 2.85 bits per heavy atom. The van der Waals surface area contributed by atoms with E-state index in [1.807, 2.05) is 18.2 Å². The van der Waals surface area contributed by atoms with Crippen molar-refractivity contribution in [1.82, 2.24) is 15.3 Å². The van der Waals surface area contributed by atoms with Crippen LogP contribution in [0.1, 0.15) is 55.7 Å². The zero-order chi connectivity index (χ0) is 28.6. The zero-order valence-electron chi connectivity index (χ0n) is 22.3. The van der Waals surface area contributed by atoms with E-state index in [0.717, 1.165) is 30.5 Å². The summed E-state index contributed by atoms with van der Waals surface area (Å²) in [5.41, 5.74) is 3.63. The summed E-state index contributed by atoms with van der Waals surface area (Å²) in [5, 5.41) is 21.6. The molecule has 0 fully saturated rings. The second kappa shape index (κ2) is 13.0.